The number of aliphatic hydroxyl groups excluding tert-OH is 1. The van der Waals surface area contributed by atoms with Crippen molar-refractivity contribution in [3.8, 4) is 5.75 Å². The average molecular weight is 584 g/mol. The van der Waals surface area contributed by atoms with Gasteiger partial charge >= 0.3 is 0 Å². The number of benzene rings is 4. The van der Waals surface area contributed by atoms with Crippen LogP contribution in [0, 0.1) is 5.92 Å². The normalized spacial score (nSPS) is 20.2. The van der Waals surface area contributed by atoms with Crippen LogP contribution in [-0.4, -0.2) is 33.8 Å². The molecule has 1 aliphatic heterocycles. The summed E-state index contributed by atoms with van der Waals surface area (Å²) in [6, 6.07) is 28.8. The summed E-state index contributed by atoms with van der Waals surface area (Å²) in [6.45, 7) is 3.55. The molecule has 216 valence electrons. The molecule has 0 saturated carbocycles. The van der Waals surface area contributed by atoms with Crippen molar-refractivity contribution in [1.82, 2.24) is 0 Å². The third-order valence-corrected chi connectivity index (χ3v) is 8.42. The lowest BCUT2D eigenvalue weighted by Gasteiger charge is -2.41. The highest BCUT2D eigenvalue weighted by atomic mass is 32.2. The SMILES string of the molecule is CC(=O)c1cccc(NC(=O)c2cccc(C3O[C@H](CSc4ccc(O)cc4)[C@H](C)[C@H](c4ccc(CO)cc4)O3)c2)c1. The zero-order valence-electron chi connectivity index (χ0n) is 23.4. The van der Waals surface area contributed by atoms with Crippen LogP contribution in [0.2, 0.25) is 0 Å². The summed E-state index contributed by atoms with van der Waals surface area (Å²) in [6.07, 6.45) is -1.19. The first-order valence-electron chi connectivity index (χ1n) is 13.8. The summed E-state index contributed by atoms with van der Waals surface area (Å²) in [5, 5.41) is 22.0. The summed E-state index contributed by atoms with van der Waals surface area (Å²) in [5.74, 6) is 0.497. The molecular formula is C34H33NO6S. The van der Waals surface area contributed by atoms with E-state index in [-0.39, 0.29) is 42.2 Å². The van der Waals surface area contributed by atoms with Gasteiger partial charge in [0.2, 0.25) is 0 Å². The molecule has 7 nitrogen and oxygen atoms in total. The molecule has 3 N–H and O–H groups in total. The molecule has 0 radical (unpaired) electrons. The van der Waals surface area contributed by atoms with Crippen molar-refractivity contribution in [2.75, 3.05) is 11.1 Å². The first kappa shape index (κ1) is 29.5. The molecule has 1 heterocycles. The van der Waals surface area contributed by atoms with E-state index in [1.165, 1.54) is 6.92 Å². The number of carbonyl (C=O) groups is 2. The topological polar surface area (TPSA) is 105 Å². The van der Waals surface area contributed by atoms with Crippen LogP contribution in [0.25, 0.3) is 0 Å². The second-order valence-corrected chi connectivity index (χ2v) is 11.4. The number of phenols is 1. The van der Waals surface area contributed by atoms with Gasteiger partial charge in [0.15, 0.2) is 12.1 Å². The fraction of sp³-hybridized carbons (Fsp3) is 0.235. The molecule has 8 heteroatoms. The van der Waals surface area contributed by atoms with E-state index in [1.807, 2.05) is 42.5 Å². The molecule has 0 aromatic heterocycles. The molecular weight excluding hydrogens is 550 g/mol. The Kier molecular flexibility index (Phi) is 9.39. The Morgan fingerprint density at radius 1 is 0.857 bits per heavy atom. The quantitative estimate of drug-likeness (QED) is 0.145. The summed E-state index contributed by atoms with van der Waals surface area (Å²) in [4.78, 5) is 25.9. The van der Waals surface area contributed by atoms with Gasteiger partial charge in [-0.2, -0.15) is 0 Å². The predicted octanol–water partition coefficient (Wildman–Crippen LogP) is 6.92. The Morgan fingerprint density at radius 2 is 1.57 bits per heavy atom. The van der Waals surface area contributed by atoms with Crippen LogP contribution >= 0.6 is 11.8 Å². The number of carbonyl (C=O) groups excluding carboxylic acids is 2. The van der Waals surface area contributed by atoms with Crippen LogP contribution in [0.5, 0.6) is 5.75 Å². The number of aromatic hydroxyl groups is 1. The van der Waals surface area contributed by atoms with E-state index in [0.717, 1.165) is 16.0 Å². The highest BCUT2D eigenvalue weighted by Gasteiger charge is 2.38. The summed E-state index contributed by atoms with van der Waals surface area (Å²) in [5.41, 5.74) is 4.01. The van der Waals surface area contributed by atoms with E-state index in [1.54, 1.807) is 66.4 Å². The number of amides is 1. The Balaban J connectivity index is 1.38. The largest absolute Gasteiger partial charge is 0.508 e. The summed E-state index contributed by atoms with van der Waals surface area (Å²) < 4.78 is 13.1. The number of thioether (sulfide) groups is 1. The lowest BCUT2D eigenvalue weighted by Crippen LogP contribution is -2.38. The van der Waals surface area contributed by atoms with Crippen molar-refractivity contribution < 1.29 is 29.3 Å². The zero-order valence-corrected chi connectivity index (χ0v) is 24.2. The fourth-order valence-corrected chi connectivity index (χ4v) is 5.94. The Labute approximate surface area is 249 Å². The van der Waals surface area contributed by atoms with Gasteiger partial charge in [-0.05, 0) is 66.6 Å². The number of ketones is 1. The summed E-state index contributed by atoms with van der Waals surface area (Å²) >= 11 is 1.64. The van der Waals surface area contributed by atoms with Gasteiger partial charge in [0.1, 0.15) is 5.75 Å². The van der Waals surface area contributed by atoms with Crippen LogP contribution in [0.1, 0.15) is 63.6 Å². The van der Waals surface area contributed by atoms with Gasteiger partial charge < -0.3 is 25.0 Å². The highest BCUT2D eigenvalue weighted by Crippen LogP contribution is 2.43. The molecule has 4 aromatic carbocycles. The zero-order chi connectivity index (χ0) is 29.6. The molecule has 1 unspecified atom stereocenters. The molecule has 1 amide bonds. The molecule has 4 atom stereocenters. The minimum absolute atomic E-state index is 0.00544. The number of phenolic OH excluding ortho intramolecular Hbond substituents is 1. The van der Waals surface area contributed by atoms with Gasteiger partial charge in [0.05, 0.1) is 18.8 Å². The van der Waals surface area contributed by atoms with Gasteiger partial charge in [-0.25, -0.2) is 0 Å². The number of hydrogen-bond donors (Lipinski definition) is 3. The number of rotatable bonds is 9. The predicted molar refractivity (Wildman–Crippen MR) is 163 cm³/mol. The van der Waals surface area contributed by atoms with Crippen molar-refractivity contribution in [2.24, 2.45) is 5.92 Å². The minimum Gasteiger partial charge on any atom is -0.508 e. The maximum atomic E-state index is 13.2. The van der Waals surface area contributed by atoms with Crippen LogP contribution in [-0.2, 0) is 16.1 Å². The van der Waals surface area contributed by atoms with E-state index in [9.17, 15) is 19.8 Å². The Morgan fingerprint density at radius 3 is 2.29 bits per heavy atom. The fourth-order valence-electron chi connectivity index (χ4n) is 4.88. The maximum Gasteiger partial charge on any atom is 0.255 e. The Hall–Kier alpha value is -3.95. The van der Waals surface area contributed by atoms with Gasteiger partial charge in [0, 0.05) is 38.9 Å². The molecule has 1 aliphatic rings. The number of aliphatic hydroxyl groups is 1. The third-order valence-electron chi connectivity index (χ3n) is 7.32. The first-order chi connectivity index (χ1) is 20.3. The van der Waals surface area contributed by atoms with Gasteiger partial charge in [0.25, 0.3) is 5.91 Å². The Bertz CT molecular complexity index is 1540. The van der Waals surface area contributed by atoms with Crippen molar-refractivity contribution >= 4 is 29.1 Å². The van der Waals surface area contributed by atoms with E-state index < -0.39 is 6.29 Å². The standard InChI is InChI=1S/C34H33NO6S/c1-21-31(20-42-30-15-13-29(38)14-16-30)40-34(41-32(21)24-11-9-23(19-36)10-12-24)27-7-3-6-26(17-27)33(39)35-28-8-4-5-25(18-28)22(2)37/h3-18,21,31-32,34,36,38H,19-20H2,1-2H3,(H,35,39)/t21-,31+,32+,34?/m0/s1. The number of Topliss-reactive ketones (excluding diaryl/α,β-unsaturated/α-hetero) is 1. The smallest absolute Gasteiger partial charge is 0.255 e. The number of ether oxygens (including phenoxy) is 2. The first-order valence-corrected chi connectivity index (χ1v) is 14.7. The molecule has 5 rings (SSSR count). The number of hydrogen-bond acceptors (Lipinski definition) is 7. The molecule has 1 fully saturated rings. The second-order valence-electron chi connectivity index (χ2n) is 10.3. The molecule has 0 bridgehead atoms. The molecule has 0 spiro atoms. The van der Waals surface area contributed by atoms with Crippen molar-refractivity contribution in [2.45, 2.75) is 43.8 Å². The van der Waals surface area contributed by atoms with Gasteiger partial charge in [-0.1, -0.05) is 55.5 Å². The maximum absolute atomic E-state index is 13.2. The van der Waals surface area contributed by atoms with Crippen molar-refractivity contribution in [1.29, 1.82) is 0 Å². The van der Waals surface area contributed by atoms with Crippen LogP contribution in [0.4, 0.5) is 5.69 Å². The lowest BCUT2D eigenvalue weighted by molar-refractivity contribution is -0.268. The summed E-state index contributed by atoms with van der Waals surface area (Å²) in [7, 11) is 0. The van der Waals surface area contributed by atoms with E-state index in [4.69, 9.17) is 9.47 Å². The lowest BCUT2D eigenvalue weighted by atomic mass is 9.91. The van der Waals surface area contributed by atoms with Crippen LogP contribution in [0.3, 0.4) is 0 Å². The second kappa shape index (κ2) is 13.4. The molecule has 4 aromatic rings. The molecule has 42 heavy (non-hydrogen) atoms. The van der Waals surface area contributed by atoms with Crippen LogP contribution in [0.15, 0.2) is 102 Å². The van der Waals surface area contributed by atoms with E-state index in [2.05, 4.69) is 12.2 Å². The molecule has 0 aliphatic carbocycles. The van der Waals surface area contributed by atoms with Crippen molar-refractivity contribution in [3.05, 3.63) is 125 Å². The van der Waals surface area contributed by atoms with E-state index in [0.29, 0.717) is 28.1 Å². The average Bonchev–Trinajstić information content (AvgIpc) is 3.01. The number of nitrogens with one attached hydrogen (secondary N) is 1. The monoisotopic (exact) mass is 583 g/mol. The highest BCUT2D eigenvalue weighted by molar-refractivity contribution is 7.99. The van der Waals surface area contributed by atoms with Crippen molar-refractivity contribution in [3.63, 3.8) is 0 Å². The van der Waals surface area contributed by atoms with Gasteiger partial charge in [-0.3, -0.25) is 9.59 Å². The third kappa shape index (κ3) is 7.09. The van der Waals surface area contributed by atoms with Crippen LogP contribution < -0.4 is 5.32 Å². The van der Waals surface area contributed by atoms with Gasteiger partial charge in [-0.15, -0.1) is 11.8 Å². The van der Waals surface area contributed by atoms with E-state index >= 15 is 0 Å². The molecule has 1 saturated heterocycles. The minimum atomic E-state index is -0.720. The number of anilines is 1.